The quantitative estimate of drug-likeness (QED) is 0.813. The molecule has 0 saturated carbocycles. The molecule has 4 nitrogen and oxygen atoms in total. The van der Waals surface area contributed by atoms with Gasteiger partial charge in [0.2, 0.25) is 0 Å². The zero-order valence-corrected chi connectivity index (χ0v) is 15.8. The molecule has 0 spiro atoms. The maximum Gasteiger partial charge on any atom is 0.315 e. The third kappa shape index (κ3) is 4.16. The van der Waals surface area contributed by atoms with Gasteiger partial charge in [-0.1, -0.05) is 42.2 Å². The molecule has 0 radical (unpaired) electrons. The first kappa shape index (κ1) is 18.7. The van der Waals surface area contributed by atoms with Crippen molar-refractivity contribution in [2.75, 3.05) is 13.1 Å². The van der Waals surface area contributed by atoms with Gasteiger partial charge in [-0.15, -0.1) is 11.3 Å². The molecule has 2 N–H and O–H groups in total. The molecule has 1 aromatic carbocycles. The van der Waals surface area contributed by atoms with E-state index < -0.39 is 17.0 Å². The van der Waals surface area contributed by atoms with E-state index in [0.29, 0.717) is 13.0 Å². The Morgan fingerprint density at radius 1 is 1.27 bits per heavy atom. The summed E-state index contributed by atoms with van der Waals surface area (Å²) in [6.07, 6.45) is 0.614. The van der Waals surface area contributed by atoms with Gasteiger partial charge in [0.05, 0.1) is 4.88 Å². The average molecular weight is 369 g/mol. The standard InChI is InChI=1S/C21H23NO3S/c1-20(2,25)11-10-17-8-9-18(26-17)14-22-13-12-21(15-22,19(23)24)16-6-4-3-5-7-16/h3-9,25H,12-15H2,1-2H3,(H,23,24). The summed E-state index contributed by atoms with van der Waals surface area (Å²) in [6, 6.07) is 13.5. The first-order chi connectivity index (χ1) is 12.3. The van der Waals surface area contributed by atoms with Gasteiger partial charge in [-0.3, -0.25) is 9.69 Å². The second-order valence-electron chi connectivity index (χ2n) is 7.29. The van der Waals surface area contributed by atoms with Crippen molar-refractivity contribution in [1.29, 1.82) is 0 Å². The van der Waals surface area contributed by atoms with Crippen LogP contribution < -0.4 is 0 Å². The monoisotopic (exact) mass is 369 g/mol. The lowest BCUT2D eigenvalue weighted by Crippen LogP contribution is -2.38. The Balaban J connectivity index is 1.72. The summed E-state index contributed by atoms with van der Waals surface area (Å²) >= 11 is 1.59. The highest BCUT2D eigenvalue weighted by Gasteiger charge is 2.46. The molecule has 1 aromatic heterocycles. The van der Waals surface area contributed by atoms with Crippen molar-refractivity contribution in [3.05, 3.63) is 57.8 Å². The first-order valence-corrected chi connectivity index (χ1v) is 9.46. The van der Waals surface area contributed by atoms with Crippen LogP contribution >= 0.6 is 11.3 Å². The minimum atomic E-state index is -1.00. The van der Waals surface area contributed by atoms with E-state index in [0.717, 1.165) is 28.4 Å². The van der Waals surface area contributed by atoms with Gasteiger partial charge in [-0.05, 0) is 38.0 Å². The smallest absolute Gasteiger partial charge is 0.315 e. The lowest BCUT2D eigenvalue weighted by molar-refractivity contribution is -0.143. The molecule has 1 saturated heterocycles. The summed E-state index contributed by atoms with van der Waals surface area (Å²) in [7, 11) is 0. The lowest BCUT2D eigenvalue weighted by atomic mass is 9.80. The molecular weight excluding hydrogens is 346 g/mol. The van der Waals surface area contributed by atoms with Gasteiger partial charge in [-0.25, -0.2) is 0 Å². The van der Waals surface area contributed by atoms with E-state index in [2.05, 4.69) is 16.7 Å². The maximum atomic E-state index is 12.0. The van der Waals surface area contributed by atoms with Crippen molar-refractivity contribution in [2.24, 2.45) is 0 Å². The Morgan fingerprint density at radius 2 is 2.00 bits per heavy atom. The molecule has 1 unspecified atom stereocenters. The highest BCUT2D eigenvalue weighted by molar-refractivity contribution is 7.12. The van der Waals surface area contributed by atoms with E-state index in [1.165, 1.54) is 0 Å². The highest BCUT2D eigenvalue weighted by atomic mass is 32.1. The van der Waals surface area contributed by atoms with Gasteiger partial charge in [0.25, 0.3) is 0 Å². The zero-order chi connectivity index (χ0) is 18.8. The molecule has 26 heavy (non-hydrogen) atoms. The molecular formula is C21H23NO3S. The van der Waals surface area contributed by atoms with Crippen molar-refractivity contribution < 1.29 is 15.0 Å². The Kier molecular flexibility index (Phi) is 5.19. The molecule has 5 heteroatoms. The largest absolute Gasteiger partial charge is 0.481 e. The van der Waals surface area contributed by atoms with Crippen molar-refractivity contribution in [3.8, 4) is 11.8 Å². The van der Waals surface area contributed by atoms with Crippen LogP contribution in [0.3, 0.4) is 0 Å². The zero-order valence-electron chi connectivity index (χ0n) is 15.0. The second kappa shape index (κ2) is 7.24. The van der Waals surface area contributed by atoms with Gasteiger partial charge < -0.3 is 10.2 Å². The fourth-order valence-corrected chi connectivity index (χ4v) is 4.18. The van der Waals surface area contributed by atoms with Crippen LogP contribution in [0.5, 0.6) is 0 Å². The van der Waals surface area contributed by atoms with Crippen LogP contribution in [0.4, 0.5) is 0 Å². The molecule has 1 fully saturated rings. The number of likely N-dealkylation sites (tertiary alicyclic amines) is 1. The first-order valence-electron chi connectivity index (χ1n) is 8.64. The van der Waals surface area contributed by atoms with E-state index in [4.69, 9.17) is 0 Å². The summed E-state index contributed by atoms with van der Waals surface area (Å²) in [5.41, 5.74) is -0.962. The molecule has 2 heterocycles. The number of aliphatic carboxylic acids is 1. The topological polar surface area (TPSA) is 60.8 Å². The summed E-state index contributed by atoms with van der Waals surface area (Å²) in [5, 5.41) is 19.6. The van der Waals surface area contributed by atoms with Gasteiger partial charge in [0.1, 0.15) is 11.0 Å². The number of carbonyl (C=O) groups is 1. The minimum Gasteiger partial charge on any atom is -0.481 e. The Labute approximate surface area is 158 Å². The normalized spacial score (nSPS) is 20.6. The Hall–Kier alpha value is -2.13. The number of nitrogens with zero attached hydrogens (tertiary/aromatic N) is 1. The number of hydrogen-bond donors (Lipinski definition) is 2. The third-order valence-corrected chi connectivity index (χ3v) is 5.60. The van der Waals surface area contributed by atoms with Crippen LogP contribution in [0.1, 0.15) is 35.6 Å². The van der Waals surface area contributed by atoms with Crippen LogP contribution in [-0.4, -0.2) is 39.8 Å². The van der Waals surface area contributed by atoms with Gasteiger partial charge >= 0.3 is 5.97 Å². The second-order valence-corrected chi connectivity index (χ2v) is 8.46. The lowest BCUT2D eigenvalue weighted by Gasteiger charge is -2.25. The summed E-state index contributed by atoms with van der Waals surface area (Å²) in [5.74, 6) is 5.06. The number of thiophene rings is 1. The number of carboxylic acids is 1. The van der Waals surface area contributed by atoms with Crippen molar-refractivity contribution in [3.63, 3.8) is 0 Å². The number of hydrogen-bond acceptors (Lipinski definition) is 4. The van der Waals surface area contributed by atoms with Crippen LogP contribution in [0.25, 0.3) is 0 Å². The molecule has 1 aliphatic heterocycles. The van der Waals surface area contributed by atoms with Crippen LogP contribution in [-0.2, 0) is 16.8 Å². The fourth-order valence-electron chi connectivity index (χ4n) is 3.28. The van der Waals surface area contributed by atoms with Gasteiger partial charge in [0.15, 0.2) is 0 Å². The molecule has 1 aliphatic rings. The third-order valence-electron chi connectivity index (χ3n) is 4.62. The minimum absolute atomic E-state index is 0.509. The molecule has 0 amide bonds. The van der Waals surface area contributed by atoms with Crippen molar-refractivity contribution in [2.45, 2.75) is 37.8 Å². The van der Waals surface area contributed by atoms with E-state index in [1.807, 2.05) is 42.5 Å². The molecule has 3 rings (SSSR count). The predicted molar refractivity (Wildman–Crippen MR) is 103 cm³/mol. The van der Waals surface area contributed by atoms with Crippen LogP contribution in [0, 0.1) is 11.8 Å². The molecule has 136 valence electrons. The number of rotatable bonds is 4. The fraction of sp³-hybridized carbons (Fsp3) is 0.381. The average Bonchev–Trinajstić information content (AvgIpc) is 3.21. The number of carboxylic acid groups (broad SMARTS) is 1. The summed E-state index contributed by atoms with van der Waals surface area (Å²) in [4.78, 5) is 16.3. The van der Waals surface area contributed by atoms with Gasteiger partial charge in [0, 0.05) is 24.5 Å². The predicted octanol–water partition coefficient (Wildman–Crippen LogP) is 3.10. The van der Waals surface area contributed by atoms with E-state index in [9.17, 15) is 15.0 Å². The summed E-state index contributed by atoms with van der Waals surface area (Å²) in [6.45, 7) is 5.30. The van der Waals surface area contributed by atoms with E-state index in [-0.39, 0.29) is 0 Å². The van der Waals surface area contributed by atoms with E-state index >= 15 is 0 Å². The SMILES string of the molecule is CC(C)(O)C#Cc1ccc(CN2CCC(C(=O)O)(c3ccccc3)C2)s1. The molecule has 2 aromatic rings. The van der Waals surface area contributed by atoms with Crippen LogP contribution in [0.15, 0.2) is 42.5 Å². The van der Waals surface area contributed by atoms with Crippen molar-refractivity contribution in [1.82, 2.24) is 4.90 Å². The van der Waals surface area contributed by atoms with Gasteiger partial charge in [-0.2, -0.15) is 0 Å². The molecule has 0 bridgehead atoms. The maximum absolute atomic E-state index is 12.0. The summed E-state index contributed by atoms with van der Waals surface area (Å²) < 4.78 is 0. The molecule has 0 aliphatic carbocycles. The van der Waals surface area contributed by atoms with Crippen LogP contribution in [0.2, 0.25) is 0 Å². The number of benzene rings is 1. The Bertz CT molecular complexity index is 841. The molecule has 1 atom stereocenters. The van der Waals surface area contributed by atoms with E-state index in [1.54, 1.807) is 25.2 Å². The van der Waals surface area contributed by atoms with Crippen molar-refractivity contribution >= 4 is 17.3 Å². The number of aliphatic hydroxyl groups is 1. The Morgan fingerprint density at radius 3 is 2.65 bits per heavy atom. The highest BCUT2D eigenvalue weighted by Crippen LogP contribution is 2.36.